The molecule has 24 heavy (non-hydrogen) atoms. The largest absolute Gasteiger partial charge is 0.394 e. The van der Waals surface area contributed by atoms with Gasteiger partial charge in [-0.1, -0.05) is 0 Å². The van der Waals surface area contributed by atoms with Crippen LogP contribution in [0.4, 0.5) is 0 Å². The highest BCUT2D eigenvalue weighted by Crippen LogP contribution is 2.17. The predicted octanol–water partition coefficient (Wildman–Crippen LogP) is -0.663. The summed E-state index contributed by atoms with van der Waals surface area (Å²) in [5, 5.41) is 19.1. The molecule has 1 fully saturated rings. The van der Waals surface area contributed by atoms with Crippen molar-refractivity contribution in [3.8, 4) is 0 Å². The van der Waals surface area contributed by atoms with E-state index in [1.54, 1.807) is 6.92 Å². The number of rotatable bonds is 8. The number of H-pyrrole nitrogens is 1. The predicted molar refractivity (Wildman–Crippen MR) is 83.5 cm³/mol. The van der Waals surface area contributed by atoms with Crippen LogP contribution in [0.5, 0.6) is 0 Å². The maximum atomic E-state index is 11.8. The molecule has 9 heteroatoms. The molecule has 1 aliphatic rings. The fraction of sp³-hybridized carbons (Fsp3) is 0.733. The van der Waals surface area contributed by atoms with Gasteiger partial charge >= 0.3 is 5.69 Å². The second-order valence-corrected chi connectivity index (χ2v) is 5.67. The molecule has 3 N–H and O–H groups in total. The molecule has 136 valence electrons. The van der Waals surface area contributed by atoms with Gasteiger partial charge < -0.3 is 24.4 Å². The number of nitrogens with zero attached hydrogens (tertiary/aromatic N) is 1. The molecule has 4 unspecified atom stereocenters. The van der Waals surface area contributed by atoms with Crippen molar-refractivity contribution in [2.75, 3.05) is 19.8 Å². The lowest BCUT2D eigenvalue weighted by molar-refractivity contribution is -0.203. The minimum Gasteiger partial charge on any atom is -0.394 e. The molecular weight excluding hydrogens is 320 g/mol. The minimum absolute atomic E-state index is 0.00877. The van der Waals surface area contributed by atoms with Crippen molar-refractivity contribution in [2.24, 2.45) is 0 Å². The Hall–Kier alpha value is -1.52. The van der Waals surface area contributed by atoms with E-state index in [0.29, 0.717) is 6.61 Å². The van der Waals surface area contributed by atoms with Crippen LogP contribution >= 0.6 is 0 Å². The molecule has 0 aromatic carbocycles. The van der Waals surface area contributed by atoms with Gasteiger partial charge in [0.1, 0.15) is 18.4 Å². The molecule has 2 rings (SSSR count). The molecule has 0 spiro atoms. The van der Waals surface area contributed by atoms with E-state index >= 15 is 0 Å². The summed E-state index contributed by atoms with van der Waals surface area (Å²) in [7, 11) is 0. The van der Waals surface area contributed by atoms with Crippen molar-refractivity contribution in [2.45, 2.75) is 50.9 Å². The van der Waals surface area contributed by atoms with Crippen LogP contribution in [0.2, 0.25) is 0 Å². The van der Waals surface area contributed by atoms with Crippen molar-refractivity contribution in [1.82, 2.24) is 9.55 Å². The van der Waals surface area contributed by atoms with Gasteiger partial charge in [-0.15, -0.1) is 0 Å². The summed E-state index contributed by atoms with van der Waals surface area (Å²) < 4.78 is 17.9. The first-order valence-electron chi connectivity index (χ1n) is 8.00. The summed E-state index contributed by atoms with van der Waals surface area (Å²) in [6.07, 6.45) is 0.908. The van der Waals surface area contributed by atoms with Gasteiger partial charge in [0.05, 0.1) is 13.2 Å². The average molecular weight is 344 g/mol. The zero-order valence-corrected chi connectivity index (χ0v) is 13.6. The zero-order chi connectivity index (χ0) is 17.5. The van der Waals surface area contributed by atoms with Crippen molar-refractivity contribution in [3.05, 3.63) is 33.1 Å². The number of hydrogen-bond acceptors (Lipinski definition) is 7. The van der Waals surface area contributed by atoms with E-state index in [1.165, 1.54) is 16.8 Å². The molecule has 1 aromatic heterocycles. The first-order chi connectivity index (χ1) is 11.5. The van der Waals surface area contributed by atoms with Gasteiger partial charge in [0, 0.05) is 18.9 Å². The number of aliphatic hydroxyl groups excluding tert-OH is 2. The molecule has 1 aliphatic heterocycles. The third-order valence-corrected chi connectivity index (χ3v) is 3.82. The van der Waals surface area contributed by atoms with Crippen LogP contribution < -0.4 is 11.2 Å². The normalized spacial score (nSPS) is 22.0. The molecule has 1 saturated heterocycles. The highest BCUT2D eigenvalue weighted by atomic mass is 16.7. The fourth-order valence-corrected chi connectivity index (χ4v) is 2.44. The maximum absolute atomic E-state index is 11.8. The van der Waals surface area contributed by atoms with Crippen molar-refractivity contribution < 1.29 is 24.4 Å². The summed E-state index contributed by atoms with van der Waals surface area (Å²) in [6, 6.07) is 1.20. The van der Waals surface area contributed by atoms with Gasteiger partial charge in [-0.05, 0) is 26.2 Å². The number of aliphatic hydroxyl groups is 2. The van der Waals surface area contributed by atoms with Crippen LogP contribution in [0.25, 0.3) is 0 Å². The fourth-order valence-electron chi connectivity index (χ4n) is 2.44. The zero-order valence-electron chi connectivity index (χ0n) is 13.6. The van der Waals surface area contributed by atoms with Gasteiger partial charge in [0.15, 0.2) is 6.29 Å². The van der Waals surface area contributed by atoms with E-state index < -0.39 is 36.3 Å². The van der Waals surface area contributed by atoms with Crippen molar-refractivity contribution in [3.63, 3.8) is 0 Å². The van der Waals surface area contributed by atoms with Crippen molar-refractivity contribution >= 4 is 0 Å². The molecule has 0 bridgehead atoms. The standard InChI is InChI=1S/C15H24N2O7/c1-10(17-6-5-13(20)16-15(17)21)24-12(11(19)8-18)9-23-14-4-2-3-7-22-14/h5-6,10-12,14,18-19H,2-4,7-9H2,1H3,(H,16,20,21). The quantitative estimate of drug-likeness (QED) is 0.572. The first-order valence-corrected chi connectivity index (χ1v) is 8.00. The van der Waals surface area contributed by atoms with Crippen LogP contribution in [0.3, 0.4) is 0 Å². The summed E-state index contributed by atoms with van der Waals surface area (Å²) in [6.45, 7) is 1.72. The van der Waals surface area contributed by atoms with Crippen LogP contribution in [0.1, 0.15) is 32.4 Å². The van der Waals surface area contributed by atoms with E-state index in [-0.39, 0.29) is 12.9 Å². The molecular formula is C15H24N2O7. The molecule has 0 radical (unpaired) electrons. The van der Waals surface area contributed by atoms with Crippen LogP contribution in [0.15, 0.2) is 21.9 Å². The lowest BCUT2D eigenvalue weighted by atomic mass is 10.2. The average Bonchev–Trinajstić information content (AvgIpc) is 2.58. The SMILES string of the molecule is CC(OC(COC1CCCCO1)C(O)CO)n1ccc(=O)[nH]c1=O. The molecule has 1 aromatic rings. The molecule has 0 saturated carbocycles. The number of nitrogens with one attached hydrogen (secondary N) is 1. The third-order valence-electron chi connectivity index (χ3n) is 3.82. The molecule has 0 amide bonds. The highest BCUT2D eigenvalue weighted by molar-refractivity contribution is 4.84. The summed E-state index contributed by atoms with van der Waals surface area (Å²) in [4.78, 5) is 25.0. The maximum Gasteiger partial charge on any atom is 0.330 e. The van der Waals surface area contributed by atoms with Gasteiger partial charge in [0.25, 0.3) is 5.56 Å². The van der Waals surface area contributed by atoms with E-state index in [9.17, 15) is 19.8 Å². The Morgan fingerprint density at radius 1 is 1.46 bits per heavy atom. The second-order valence-electron chi connectivity index (χ2n) is 5.67. The smallest absolute Gasteiger partial charge is 0.330 e. The number of ether oxygens (including phenoxy) is 3. The van der Waals surface area contributed by atoms with E-state index in [4.69, 9.17) is 14.2 Å². The lowest BCUT2D eigenvalue weighted by Crippen LogP contribution is -2.41. The Bertz CT molecular complexity index is 608. The first kappa shape index (κ1) is 18.8. The summed E-state index contributed by atoms with van der Waals surface area (Å²) in [5.74, 6) is 0. The van der Waals surface area contributed by atoms with Gasteiger partial charge in [0.2, 0.25) is 0 Å². The molecule has 4 atom stereocenters. The van der Waals surface area contributed by atoms with E-state index in [1.807, 2.05) is 0 Å². The second kappa shape index (κ2) is 9.09. The van der Waals surface area contributed by atoms with Crippen LogP contribution in [0, 0.1) is 0 Å². The Morgan fingerprint density at radius 3 is 2.88 bits per heavy atom. The number of aromatic amines is 1. The van der Waals surface area contributed by atoms with E-state index in [2.05, 4.69) is 4.98 Å². The summed E-state index contributed by atoms with van der Waals surface area (Å²) >= 11 is 0. The summed E-state index contributed by atoms with van der Waals surface area (Å²) in [5.41, 5.74) is -1.13. The van der Waals surface area contributed by atoms with Crippen molar-refractivity contribution in [1.29, 1.82) is 0 Å². The Labute approximate surface area is 138 Å². The van der Waals surface area contributed by atoms with E-state index in [0.717, 1.165) is 19.3 Å². The molecule has 9 nitrogen and oxygen atoms in total. The third kappa shape index (κ3) is 5.25. The monoisotopic (exact) mass is 344 g/mol. The molecule has 0 aliphatic carbocycles. The van der Waals surface area contributed by atoms with Crippen LogP contribution in [-0.2, 0) is 14.2 Å². The van der Waals surface area contributed by atoms with Gasteiger partial charge in [-0.3, -0.25) is 14.3 Å². The number of hydrogen-bond donors (Lipinski definition) is 3. The van der Waals surface area contributed by atoms with Crippen LogP contribution in [-0.4, -0.2) is 58.1 Å². The number of aromatic nitrogens is 2. The minimum atomic E-state index is -1.17. The van der Waals surface area contributed by atoms with Gasteiger partial charge in [-0.25, -0.2) is 4.79 Å². The highest BCUT2D eigenvalue weighted by Gasteiger charge is 2.25. The lowest BCUT2D eigenvalue weighted by Gasteiger charge is -2.29. The topological polar surface area (TPSA) is 123 Å². The van der Waals surface area contributed by atoms with Gasteiger partial charge in [-0.2, -0.15) is 0 Å². The molecule has 2 heterocycles. The Kier molecular flexibility index (Phi) is 7.13. The Balaban J connectivity index is 1.98. The Morgan fingerprint density at radius 2 is 2.25 bits per heavy atom.